The van der Waals surface area contributed by atoms with E-state index in [4.69, 9.17) is 0 Å². The molecule has 4 aromatic rings. The van der Waals surface area contributed by atoms with Crippen LogP contribution in [0.2, 0.25) is 0 Å². The Bertz CT molecular complexity index is 1250. The van der Waals surface area contributed by atoms with Gasteiger partial charge in [0.05, 0.1) is 0 Å². The minimum Gasteiger partial charge on any atom is -0.325 e. The van der Waals surface area contributed by atoms with Crippen LogP contribution < -0.4 is 5.32 Å². The van der Waals surface area contributed by atoms with Crippen molar-refractivity contribution in [3.8, 4) is 11.4 Å². The van der Waals surface area contributed by atoms with Crippen LogP contribution in [0, 0.1) is 13.8 Å². The van der Waals surface area contributed by atoms with Crippen molar-refractivity contribution in [3.63, 3.8) is 0 Å². The standard InChI is InChI=1S/C27H26N4OS/c1-4-17-31-25(22-13-9-6-10-14-22)29-30-27(31)33-24(21-11-7-5-8-12-21)26(32)28-23-18-19(2)15-16-20(23)3/h4-16,18,24H,1,17H2,2-3H3,(H,28,32). The highest BCUT2D eigenvalue weighted by atomic mass is 32.2. The summed E-state index contributed by atoms with van der Waals surface area (Å²) in [6.07, 6.45) is 1.81. The quantitative estimate of drug-likeness (QED) is 0.254. The van der Waals surface area contributed by atoms with E-state index < -0.39 is 5.25 Å². The minimum absolute atomic E-state index is 0.102. The van der Waals surface area contributed by atoms with Crippen LogP contribution in [0.3, 0.4) is 0 Å². The van der Waals surface area contributed by atoms with Crippen LogP contribution in [0.15, 0.2) is 96.7 Å². The first-order valence-electron chi connectivity index (χ1n) is 10.8. The number of carbonyl (C=O) groups excluding carboxylic acids is 1. The van der Waals surface area contributed by atoms with Crippen molar-refractivity contribution >= 4 is 23.4 Å². The molecule has 5 nitrogen and oxygen atoms in total. The lowest BCUT2D eigenvalue weighted by molar-refractivity contribution is -0.115. The maximum absolute atomic E-state index is 13.5. The number of hydrogen-bond donors (Lipinski definition) is 1. The summed E-state index contributed by atoms with van der Waals surface area (Å²) in [5, 5.41) is 12.2. The summed E-state index contributed by atoms with van der Waals surface area (Å²) in [5.74, 6) is 0.647. The van der Waals surface area contributed by atoms with E-state index in [1.807, 2.05) is 103 Å². The number of rotatable bonds is 8. The maximum Gasteiger partial charge on any atom is 0.242 e. The molecule has 0 saturated carbocycles. The highest BCUT2D eigenvalue weighted by molar-refractivity contribution is 8.00. The SMILES string of the molecule is C=CCn1c(SC(C(=O)Nc2cc(C)ccc2C)c2ccccc2)nnc1-c1ccccc1. The zero-order valence-electron chi connectivity index (χ0n) is 18.7. The Hall–Kier alpha value is -3.64. The number of benzene rings is 3. The fourth-order valence-corrected chi connectivity index (χ4v) is 4.59. The van der Waals surface area contributed by atoms with E-state index in [2.05, 4.69) is 22.1 Å². The van der Waals surface area contributed by atoms with Crippen LogP contribution >= 0.6 is 11.8 Å². The number of aromatic nitrogens is 3. The second-order valence-corrected chi connectivity index (χ2v) is 8.86. The Labute approximate surface area is 198 Å². The summed E-state index contributed by atoms with van der Waals surface area (Å²) in [4.78, 5) is 13.5. The molecule has 1 unspecified atom stereocenters. The van der Waals surface area contributed by atoms with Gasteiger partial charge in [0.1, 0.15) is 5.25 Å². The first-order chi connectivity index (χ1) is 16.1. The third-order valence-corrected chi connectivity index (χ3v) is 6.51. The average Bonchev–Trinajstić information content (AvgIpc) is 3.23. The molecule has 6 heteroatoms. The fraction of sp³-hybridized carbons (Fsp3) is 0.148. The molecule has 0 aliphatic carbocycles. The summed E-state index contributed by atoms with van der Waals surface area (Å²) in [5.41, 5.74) is 4.80. The first-order valence-corrected chi connectivity index (χ1v) is 11.6. The number of anilines is 1. The molecule has 166 valence electrons. The van der Waals surface area contributed by atoms with Gasteiger partial charge in [-0.2, -0.15) is 0 Å². The maximum atomic E-state index is 13.5. The molecule has 0 saturated heterocycles. The molecule has 0 radical (unpaired) electrons. The molecule has 1 atom stereocenters. The Balaban J connectivity index is 1.69. The van der Waals surface area contributed by atoms with E-state index in [0.29, 0.717) is 11.7 Å². The molecule has 33 heavy (non-hydrogen) atoms. The lowest BCUT2D eigenvalue weighted by Crippen LogP contribution is -2.20. The topological polar surface area (TPSA) is 59.8 Å². The van der Waals surface area contributed by atoms with Gasteiger partial charge >= 0.3 is 0 Å². The van der Waals surface area contributed by atoms with Gasteiger partial charge in [-0.3, -0.25) is 9.36 Å². The molecule has 1 aromatic heterocycles. The molecule has 0 aliphatic rings. The van der Waals surface area contributed by atoms with Gasteiger partial charge in [0.25, 0.3) is 0 Å². The van der Waals surface area contributed by atoms with Crippen molar-refractivity contribution in [2.45, 2.75) is 30.8 Å². The lowest BCUT2D eigenvalue weighted by Gasteiger charge is -2.18. The lowest BCUT2D eigenvalue weighted by atomic mass is 10.1. The zero-order chi connectivity index (χ0) is 23.2. The average molecular weight is 455 g/mol. The van der Waals surface area contributed by atoms with E-state index in [1.165, 1.54) is 11.8 Å². The van der Waals surface area contributed by atoms with E-state index in [0.717, 1.165) is 33.8 Å². The van der Waals surface area contributed by atoms with E-state index in [-0.39, 0.29) is 5.91 Å². The number of allylic oxidation sites excluding steroid dienone is 1. The smallest absolute Gasteiger partial charge is 0.242 e. The molecule has 4 rings (SSSR count). The number of nitrogens with one attached hydrogen (secondary N) is 1. The monoisotopic (exact) mass is 454 g/mol. The fourth-order valence-electron chi connectivity index (χ4n) is 3.55. The van der Waals surface area contributed by atoms with Crippen molar-refractivity contribution in [1.82, 2.24) is 14.8 Å². The van der Waals surface area contributed by atoms with Crippen LogP contribution in [0.4, 0.5) is 5.69 Å². The van der Waals surface area contributed by atoms with Gasteiger partial charge < -0.3 is 5.32 Å². The molecule has 0 fully saturated rings. The molecule has 0 spiro atoms. The molecular weight excluding hydrogens is 428 g/mol. The summed E-state index contributed by atoms with van der Waals surface area (Å²) < 4.78 is 1.99. The molecule has 3 aromatic carbocycles. The zero-order valence-corrected chi connectivity index (χ0v) is 19.5. The predicted molar refractivity (Wildman–Crippen MR) is 135 cm³/mol. The van der Waals surface area contributed by atoms with E-state index in [9.17, 15) is 4.79 Å². The van der Waals surface area contributed by atoms with Gasteiger partial charge in [-0.25, -0.2) is 0 Å². The largest absolute Gasteiger partial charge is 0.325 e. The summed E-state index contributed by atoms with van der Waals surface area (Å²) in [7, 11) is 0. The number of aryl methyl sites for hydroxylation is 2. The Morgan fingerprint density at radius 3 is 2.42 bits per heavy atom. The van der Waals surface area contributed by atoms with Crippen LogP contribution in [-0.2, 0) is 11.3 Å². The molecular formula is C27H26N4OS. The van der Waals surface area contributed by atoms with Gasteiger partial charge in [-0.1, -0.05) is 90.6 Å². The van der Waals surface area contributed by atoms with E-state index >= 15 is 0 Å². The van der Waals surface area contributed by atoms with Crippen LogP contribution in [-0.4, -0.2) is 20.7 Å². The van der Waals surface area contributed by atoms with Crippen molar-refractivity contribution in [2.24, 2.45) is 0 Å². The molecule has 1 amide bonds. The third-order valence-electron chi connectivity index (χ3n) is 5.28. The normalized spacial score (nSPS) is 11.7. The Morgan fingerprint density at radius 2 is 1.73 bits per heavy atom. The Kier molecular flexibility index (Phi) is 7.05. The number of thioether (sulfide) groups is 1. The van der Waals surface area contributed by atoms with Gasteiger partial charge in [-0.05, 0) is 36.6 Å². The van der Waals surface area contributed by atoms with Crippen molar-refractivity contribution < 1.29 is 4.79 Å². The number of nitrogens with zero attached hydrogens (tertiary/aromatic N) is 3. The highest BCUT2D eigenvalue weighted by Gasteiger charge is 2.26. The van der Waals surface area contributed by atoms with Crippen LogP contribution in [0.25, 0.3) is 11.4 Å². The van der Waals surface area contributed by atoms with Crippen molar-refractivity contribution in [1.29, 1.82) is 0 Å². The summed E-state index contributed by atoms with van der Waals surface area (Å²) >= 11 is 1.39. The van der Waals surface area contributed by atoms with Gasteiger partial charge in [0.15, 0.2) is 11.0 Å². The molecule has 1 N–H and O–H groups in total. The van der Waals surface area contributed by atoms with Crippen LogP contribution in [0.5, 0.6) is 0 Å². The third kappa shape index (κ3) is 5.23. The second kappa shape index (κ2) is 10.3. The van der Waals surface area contributed by atoms with Gasteiger partial charge in [-0.15, -0.1) is 16.8 Å². The summed E-state index contributed by atoms with van der Waals surface area (Å²) in [6, 6.07) is 25.7. The highest BCUT2D eigenvalue weighted by Crippen LogP contribution is 2.37. The first kappa shape index (κ1) is 22.6. The van der Waals surface area contributed by atoms with Gasteiger partial charge in [0, 0.05) is 17.8 Å². The van der Waals surface area contributed by atoms with Crippen LogP contribution in [0.1, 0.15) is 21.9 Å². The predicted octanol–water partition coefficient (Wildman–Crippen LogP) is 6.22. The second-order valence-electron chi connectivity index (χ2n) is 7.79. The molecule has 1 heterocycles. The minimum atomic E-state index is -0.498. The van der Waals surface area contributed by atoms with Gasteiger partial charge in [0.2, 0.25) is 5.91 Å². The number of amides is 1. The van der Waals surface area contributed by atoms with Crippen molar-refractivity contribution in [3.05, 3.63) is 108 Å². The van der Waals surface area contributed by atoms with E-state index in [1.54, 1.807) is 0 Å². The molecule has 0 bridgehead atoms. The number of hydrogen-bond acceptors (Lipinski definition) is 4. The number of carbonyl (C=O) groups is 1. The summed E-state index contributed by atoms with van der Waals surface area (Å²) in [6.45, 7) is 8.44. The van der Waals surface area contributed by atoms with Crippen molar-refractivity contribution in [2.75, 3.05) is 5.32 Å². The molecule has 0 aliphatic heterocycles. The Morgan fingerprint density at radius 1 is 1.03 bits per heavy atom.